The minimum absolute atomic E-state index is 0.0409. The number of fused-ring (bicyclic) bond motifs is 2. The molecule has 2 heterocycles. The van der Waals surface area contributed by atoms with Crippen LogP contribution in [0.4, 0.5) is 5.95 Å². The highest BCUT2D eigenvalue weighted by Crippen LogP contribution is 2.28. The largest absolute Gasteiger partial charge is 0.493 e. The molecule has 4 rings (SSSR count). The maximum atomic E-state index is 12.7. The number of nitrogens with zero attached hydrogens (tertiary/aromatic N) is 3. The lowest BCUT2D eigenvalue weighted by molar-refractivity contribution is 0.354. The van der Waals surface area contributed by atoms with Crippen LogP contribution in [0, 0.1) is 0 Å². The molecule has 0 saturated heterocycles. The molecule has 0 spiro atoms. The van der Waals surface area contributed by atoms with E-state index < -0.39 is 0 Å². The molecule has 0 N–H and O–H groups in total. The Hall–Kier alpha value is -3.02. The average molecular weight is 351 g/mol. The van der Waals surface area contributed by atoms with E-state index in [0.29, 0.717) is 11.9 Å². The first kappa shape index (κ1) is 16.4. The molecule has 0 unspecified atom stereocenters. The van der Waals surface area contributed by atoms with Crippen molar-refractivity contribution in [2.24, 2.45) is 0 Å². The zero-order valence-electron chi connectivity index (χ0n) is 14.9. The first-order valence-electron chi connectivity index (χ1n) is 8.66. The summed E-state index contributed by atoms with van der Waals surface area (Å²) in [6, 6.07) is 13.5. The normalized spacial score (nSPS) is 13.1. The van der Waals surface area contributed by atoms with Gasteiger partial charge >= 0.3 is 0 Å². The number of ether oxygens (including phenoxy) is 2. The number of hydrogen-bond donors (Lipinski definition) is 0. The molecular weight excluding hydrogens is 330 g/mol. The van der Waals surface area contributed by atoms with Crippen LogP contribution in [-0.2, 0) is 13.0 Å². The molecule has 134 valence electrons. The van der Waals surface area contributed by atoms with Crippen molar-refractivity contribution >= 4 is 16.9 Å². The predicted octanol–water partition coefficient (Wildman–Crippen LogP) is 2.48. The van der Waals surface area contributed by atoms with E-state index in [0.717, 1.165) is 48.0 Å². The van der Waals surface area contributed by atoms with Crippen molar-refractivity contribution < 1.29 is 9.47 Å². The van der Waals surface area contributed by atoms with Crippen LogP contribution in [0.2, 0.25) is 0 Å². The summed E-state index contributed by atoms with van der Waals surface area (Å²) in [6.45, 7) is 2.27. The zero-order valence-corrected chi connectivity index (χ0v) is 14.9. The van der Waals surface area contributed by atoms with E-state index in [4.69, 9.17) is 14.5 Å². The van der Waals surface area contributed by atoms with E-state index >= 15 is 0 Å². The first-order valence-corrected chi connectivity index (χ1v) is 8.66. The number of methoxy groups -OCH3 is 2. The Morgan fingerprint density at radius 1 is 1.04 bits per heavy atom. The van der Waals surface area contributed by atoms with E-state index in [1.54, 1.807) is 18.8 Å². The number of benzene rings is 2. The smallest absolute Gasteiger partial charge is 0.262 e. The molecule has 0 radical (unpaired) electrons. The summed E-state index contributed by atoms with van der Waals surface area (Å²) < 4.78 is 12.4. The molecule has 0 bridgehead atoms. The van der Waals surface area contributed by atoms with Crippen LogP contribution in [0.5, 0.6) is 11.5 Å². The highest BCUT2D eigenvalue weighted by molar-refractivity contribution is 5.78. The fraction of sp³-hybridized carbons (Fsp3) is 0.300. The highest BCUT2D eigenvalue weighted by atomic mass is 16.5. The van der Waals surface area contributed by atoms with Gasteiger partial charge in [0.1, 0.15) is 0 Å². The van der Waals surface area contributed by atoms with Crippen molar-refractivity contribution in [1.29, 1.82) is 0 Å². The van der Waals surface area contributed by atoms with Crippen molar-refractivity contribution in [2.75, 3.05) is 32.2 Å². The monoisotopic (exact) mass is 351 g/mol. The van der Waals surface area contributed by atoms with Gasteiger partial charge in [0.25, 0.3) is 5.56 Å². The molecule has 3 aromatic rings. The number of anilines is 1. The molecule has 6 heteroatoms. The van der Waals surface area contributed by atoms with Gasteiger partial charge in [-0.1, -0.05) is 18.2 Å². The Labute approximate surface area is 151 Å². The number of aromatic nitrogens is 2. The topological polar surface area (TPSA) is 56.6 Å². The van der Waals surface area contributed by atoms with Crippen LogP contribution in [0.25, 0.3) is 10.9 Å². The quantitative estimate of drug-likeness (QED) is 0.707. The van der Waals surface area contributed by atoms with Gasteiger partial charge in [0.15, 0.2) is 11.5 Å². The van der Waals surface area contributed by atoms with Crippen molar-refractivity contribution in [2.45, 2.75) is 13.0 Å². The molecule has 0 fully saturated rings. The van der Waals surface area contributed by atoms with Crippen LogP contribution in [0.15, 0.2) is 47.3 Å². The molecule has 0 atom stereocenters. The molecule has 0 amide bonds. The lowest BCUT2D eigenvalue weighted by Crippen LogP contribution is -2.25. The van der Waals surface area contributed by atoms with Gasteiger partial charge in [0.05, 0.1) is 25.1 Å². The second-order valence-corrected chi connectivity index (χ2v) is 6.31. The maximum absolute atomic E-state index is 12.7. The summed E-state index contributed by atoms with van der Waals surface area (Å²) in [7, 11) is 3.27. The molecule has 1 aliphatic heterocycles. The number of para-hydroxylation sites is 1. The van der Waals surface area contributed by atoms with Crippen LogP contribution < -0.4 is 19.9 Å². The molecule has 26 heavy (non-hydrogen) atoms. The van der Waals surface area contributed by atoms with Gasteiger partial charge in [-0.05, 0) is 36.2 Å². The number of rotatable bonds is 5. The van der Waals surface area contributed by atoms with Gasteiger partial charge in [-0.3, -0.25) is 9.36 Å². The first-order chi connectivity index (χ1) is 12.7. The fourth-order valence-electron chi connectivity index (χ4n) is 3.43. The van der Waals surface area contributed by atoms with E-state index in [1.807, 2.05) is 42.5 Å². The highest BCUT2D eigenvalue weighted by Gasteiger charge is 2.22. The molecule has 0 saturated carbocycles. The third-order valence-electron chi connectivity index (χ3n) is 4.84. The fourth-order valence-corrected chi connectivity index (χ4v) is 3.43. The van der Waals surface area contributed by atoms with E-state index in [9.17, 15) is 4.79 Å². The van der Waals surface area contributed by atoms with Gasteiger partial charge in [0.2, 0.25) is 5.95 Å². The molecule has 2 aromatic carbocycles. The third kappa shape index (κ3) is 2.77. The molecular formula is C20H21N3O3. The van der Waals surface area contributed by atoms with E-state index in [2.05, 4.69) is 4.90 Å². The second kappa shape index (κ2) is 6.71. The van der Waals surface area contributed by atoms with E-state index in [-0.39, 0.29) is 5.56 Å². The molecule has 6 nitrogen and oxygen atoms in total. The Bertz CT molecular complexity index is 1010. The van der Waals surface area contributed by atoms with E-state index in [1.165, 1.54) is 0 Å². The number of hydrogen-bond acceptors (Lipinski definition) is 5. The Balaban J connectivity index is 1.58. The van der Waals surface area contributed by atoms with Crippen molar-refractivity contribution in [3.8, 4) is 11.5 Å². The van der Waals surface area contributed by atoms with Gasteiger partial charge in [-0.15, -0.1) is 0 Å². The third-order valence-corrected chi connectivity index (χ3v) is 4.84. The van der Waals surface area contributed by atoms with Crippen molar-refractivity contribution in [3.63, 3.8) is 0 Å². The molecule has 0 aliphatic carbocycles. The van der Waals surface area contributed by atoms with Crippen LogP contribution >= 0.6 is 0 Å². The summed E-state index contributed by atoms with van der Waals surface area (Å²) in [4.78, 5) is 19.5. The lowest BCUT2D eigenvalue weighted by atomic mass is 10.1. The Kier molecular flexibility index (Phi) is 4.24. The Morgan fingerprint density at radius 2 is 1.85 bits per heavy atom. The van der Waals surface area contributed by atoms with Gasteiger partial charge in [0, 0.05) is 19.6 Å². The second-order valence-electron chi connectivity index (χ2n) is 6.31. The summed E-state index contributed by atoms with van der Waals surface area (Å²) in [6.07, 6.45) is 0.836. The van der Waals surface area contributed by atoms with Crippen LogP contribution in [0.3, 0.4) is 0 Å². The maximum Gasteiger partial charge on any atom is 0.262 e. The molecule has 1 aliphatic rings. The van der Waals surface area contributed by atoms with Crippen LogP contribution in [-0.4, -0.2) is 36.9 Å². The summed E-state index contributed by atoms with van der Waals surface area (Å²) in [5, 5.41) is 0.679. The van der Waals surface area contributed by atoms with Gasteiger partial charge in [-0.2, -0.15) is 0 Å². The summed E-state index contributed by atoms with van der Waals surface area (Å²) in [5.41, 5.74) is 1.95. The summed E-state index contributed by atoms with van der Waals surface area (Å²) >= 11 is 0. The predicted molar refractivity (Wildman–Crippen MR) is 101 cm³/mol. The van der Waals surface area contributed by atoms with Gasteiger partial charge < -0.3 is 14.4 Å². The minimum Gasteiger partial charge on any atom is -0.493 e. The standard InChI is InChI=1S/C20H21N3O3/c1-25-17-8-7-14(13-18(17)26-2)9-10-22-11-12-23-19(24)15-5-3-4-6-16(15)21-20(22)23/h3-8,13H,9-12H2,1-2H3. The zero-order chi connectivity index (χ0) is 18.1. The SMILES string of the molecule is COc1ccc(CCN2CCn3c2nc2ccccc2c3=O)cc1OC. The van der Waals surface area contributed by atoms with Crippen molar-refractivity contribution in [1.82, 2.24) is 9.55 Å². The molecule has 1 aromatic heterocycles. The van der Waals surface area contributed by atoms with Crippen molar-refractivity contribution in [3.05, 3.63) is 58.4 Å². The summed E-state index contributed by atoms with van der Waals surface area (Å²) in [5.74, 6) is 2.21. The Morgan fingerprint density at radius 3 is 2.65 bits per heavy atom. The minimum atomic E-state index is 0.0409. The average Bonchev–Trinajstić information content (AvgIpc) is 3.09. The lowest BCUT2D eigenvalue weighted by Gasteiger charge is -2.18. The van der Waals surface area contributed by atoms with Gasteiger partial charge in [-0.25, -0.2) is 4.98 Å². The van der Waals surface area contributed by atoms with Crippen LogP contribution in [0.1, 0.15) is 5.56 Å².